The molecule has 0 atom stereocenters. The van der Waals surface area contributed by atoms with Gasteiger partial charge in [-0.25, -0.2) is 8.42 Å². The van der Waals surface area contributed by atoms with Crippen molar-refractivity contribution in [2.24, 2.45) is 0 Å². The monoisotopic (exact) mass is 384 g/mol. The van der Waals surface area contributed by atoms with Crippen molar-refractivity contribution in [2.45, 2.75) is 4.90 Å². The number of sulfonamides is 1. The molecule has 0 saturated heterocycles. The molecule has 5 nitrogen and oxygen atoms in total. The van der Waals surface area contributed by atoms with E-state index >= 15 is 0 Å². The average molecular weight is 385 g/mol. The molecule has 0 aliphatic rings. The molecule has 0 unspecified atom stereocenters. The summed E-state index contributed by atoms with van der Waals surface area (Å²) < 4.78 is 31.8. The molecule has 126 valence electrons. The zero-order valence-electron chi connectivity index (χ0n) is 12.7. The van der Waals surface area contributed by atoms with Crippen LogP contribution < -0.4 is 4.74 Å². The van der Waals surface area contributed by atoms with Crippen molar-refractivity contribution in [2.75, 3.05) is 20.2 Å². The van der Waals surface area contributed by atoms with Gasteiger partial charge in [0.05, 0.1) is 5.56 Å². The van der Waals surface area contributed by atoms with Gasteiger partial charge in [-0.1, -0.05) is 23.2 Å². The van der Waals surface area contributed by atoms with Crippen LogP contribution in [0, 0.1) is 11.3 Å². The van der Waals surface area contributed by atoms with Gasteiger partial charge in [0.15, 0.2) is 0 Å². The van der Waals surface area contributed by atoms with Crippen LogP contribution in [0.2, 0.25) is 10.0 Å². The van der Waals surface area contributed by atoms with Crippen molar-refractivity contribution in [3.8, 4) is 11.8 Å². The van der Waals surface area contributed by atoms with Crippen molar-refractivity contribution in [3.05, 3.63) is 58.1 Å². The minimum atomic E-state index is -3.84. The summed E-state index contributed by atoms with van der Waals surface area (Å²) in [5.74, 6) is 0.589. The van der Waals surface area contributed by atoms with E-state index in [0.717, 1.165) is 4.31 Å². The Labute approximate surface area is 151 Å². The number of ether oxygens (including phenoxy) is 1. The second-order valence-electron chi connectivity index (χ2n) is 4.88. The number of nitriles is 1. The smallest absolute Gasteiger partial charge is 0.244 e. The van der Waals surface area contributed by atoms with E-state index in [0.29, 0.717) is 10.8 Å². The van der Waals surface area contributed by atoms with E-state index in [9.17, 15) is 8.42 Å². The number of hydrogen-bond acceptors (Lipinski definition) is 4. The molecule has 0 bridgehead atoms. The van der Waals surface area contributed by atoms with E-state index in [1.807, 2.05) is 6.07 Å². The van der Waals surface area contributed by atoms with Crippen molar-refractivity contribution in [3.63, 3.8) is 0 Å². The van der Waals surface area contributed by atoms with E-state index in [4.69, 9.17) is 33.2 Å². The maximum Gasteiger partial charge on any atom is 0.244 e. The van der Waals surface area contributed by atoms with Crippen LogP contribution in [-0.4, -0.2) is 32.9 Å². The third-order valence-electron chi connectivity index (χ3n) is 3.24. The molecule has 0 amide bonds. The van der Waals surface area contributed by atoms with Gasteiger partial charge in [-0.15, -0.1) is 0 Å². The van der Waals surface area contributed by atoms with E-state index in [1.165, 1.54) is 25.2 Å². The van der Waals surface area contributed by atoms with Gasteiger partial charge in [-0.05, 0) is 42.5 Å². The predicted molar refractivity (Wildman–Crippen MR) is 92.9 cm³/mol. The SMILES string of the molecule is CN(CCOc1ccc(Cl)cc1)S(=O)(=O)c1cc(Cl)ccc1C#N. The predicted octanol–water partition coefficient (Wildman–Crippen LogP) is 3.56. The maximum absolute atomic E-state index is 12.6. The Kier molecular flexibility index (Phi) is 6.08. The van der Waals surface area contributed by atoms with E-state index in [-0.39, 0.29) is 28.6 Å². The van der Waals surface area contributed by atoms with Gasteiger partial charge in [0.2, 0.25) is 10.0 Å². The molecular weight excluding hydrogens is 371 g/mol. The molecule has 0 aromatic heterocycles. The summed E-state index contributed by atoms with van der Waals surface area (Å²) in [7, 11) is -2.42. The van der Waals surface area contributed by atoms with Crippen LogP contribution in [0.4, 0.5) is 0 Å². The molecule has 2 aromatic rings. The van der Waals surface area contributed by atoms with Gasteiger partial charge < -0.3 is 4.74 Å². The normalized spacial score (nSPS) is 11.3. The molecule has 2 rings (SSSR count). The number of benzene rings is 2. The van der Waals surface area contributed by atoms with E-state index in [2.05, 4.69) is 0 Å². The summed E-state index contributed by atoms with van der Waals surface area (Å²) in [6, 6.07) is 12.7. The van der Waals surface area contributed by atoms with Gasteiger partial charge in [0, 0.05) is 23.6 Å². The van der Waals surface area contributed by atoms with Crippen LogP contribution in [0.25, 0.3) is 0 Å². The van der Waals surface area contributed by atoms with E-state index in [1.54, 1.807) is 24.3 Å². The third kappa shape index (κ3) is 4.40. The highest BCUT2D eigenvalue weighted by molar-refractivity contribution is 7.89. The quantitative estimate of drug-likeness (QED) is 0.762. The van der Waals surface area contributed by atoms with Crippen molar-refractivity contribution in [1.82, 2.24) is 4.31 Å². The molecule has 2 aromatic carbocycles. The second kappa shape index (κ2) is 7.86. The molecule has 0 aliphatic heterocycles. The largest absolute Gasteiger partial charge is 0.492 e. The molecule has 0 spiro atoms. The first-order valence-corrected chi connectivity index (χ1v) is 9.08. The highest BCUT2D eigenvalue weighted by atomic mass is 35.5. The van der Waals surface area contributed by atoms with Gasteiger partial charge in [-0.3, -0.25) is 0 Å². The average Bonchev–Trinajstić information content (AvgIpc) is 2.56. The Morgan fingerprint density at radius 2 is 1.75 bits per heavy atom. The molecule has 0 saturated carbocycles. The molecule has 8 heteroatoms. The Balaban J connectivity index is 2.08. The van der Waals surface area contributed by atoms with Gasteiger partial charge >= 0.3 is 0 Å². The molecule has 0 N–H and O–H groups in total. The lowest BCUT2D eigenvalue weighted by Gasteiger charge is -2.18. The lowest BCUT2D eigenvalue weighted by atomic mass is 10.2. The highest BCUT2D eigenvalue weighted by Gasteiger charge is 2.24. The molecule has 0 aliphatic carbocycles. The minimum absolute atomic E-state index is 0.0462. The minimum Gasteiger partial charge on any atom is -0.492 e. The standard InChI is InChI=1S/C16H14Cl2N2O3S/c1-20(8-9-23-15-6-4-13(17)5-7-15)24(21,22)16-10-14(18)3-2-12(16)11-19/h2-7,10H,8-9H2,1H3. The molecule has 24 heavy (non-hydrogen) atoms. The number of hydrogen-bond donors (Lipinski definition) is 0. The molecule has 0 radical (unpaired) electrons. The summed E-state index contributed by atoms with van der Waals surface area (Å²) in [6.45, 7) is 0.266. The van der Waals surface area contributed by atoms with E-state index < -0.39 is 10.0 Å². The van der Waals surface area contributed by atoms with Crippen LogP contribution in [0.1, 0.15) is 5.56 Å². The van der Waals surface area contributed by atoms with Crippen molar-refractivity contribution < 1.29 is 13.2 Å². The zero-order chi connectivity index (χ0) is 17.7. The van der Waals surface area contributed by atoms with Crippen LogP contribution in [0.5, 0.6) is 5.75 Å². The Hall–Kier alpha value is -1.78. The van der Waals surface area contributed by atoms with Gasteiger partial charge in [0.25, 0.3) is 0 Å². The van der Waals surface area contributed by atoms with Crippen LogP contribution in [0.3, 0.4) is 0 Å². The van der Waals surface area contributed by atoms with Crippen LogP contribution in [-0.2, 0) is 10.0 Å². The third-order valence-corrected chi connectivity index (χ3v) is 5.62. The Bertz CT molecular complexity index is 862. The van der Waals surface area contributed by atoms with Crippen molar-refractivity contribution >= 4 is 33.2 Å². The lowest BCUT2D eigenvalue weighted by molar-refractivity contribution is 0.287. The van der Waals surface area contributed by atoms with Gasteiger partial charge in [0.1, 0.15) is 23.3 Å². The first-order valence-electron chi connectivity index (χ1n) is 6.89. The summed E-state index contributed by atoms with van der Waals surface area (Å²) in [4.78, 5) is -0.119. The Morgan fingerprint density at radius 3 is 2.38 bits per heavy atom. The number of halogens is 2. The zero-order valence-corrected chi connectivity index (χ0v) is 15.1. The van der Waals surface area contributed by atoms with Crippen molar-refractivity contribution in [1.29, 1.82) is 5.26 Å². The highest BCUT2D eigenvalue weighted by Crippen LogP contribution is 2.23. The molecule has 0 heterocycles. The second-order valence-corrected chi connectivity index (χ2v) is 7.77. The summed E-state index contributed by atoms with van der Waals surface area (Å²) in [5.41, 5.74) is 0.0462. The number of rotatable bonds is 6. The van der Waals surface area contributed by atoms with Gasteiger partial charge in [-0.2, -0.15) is 9.57 Å². The molecular formula is C16H14Cl2N2O3S. The maximum atomic E-state index is 12.6. The fraction of sp³-hybridized carbons (Fsp3) is 0.188. The lowest BCUT2D eigenvalue weighted by Crippen LogP contribution is -2.31. The first-order chi connectivity index (χ1) is 11.3. The van der Waals surface area contributed by atoms with Crippen LogP contribution in [0.15, 0.2) is 47.4 Å². The van der Waals surface area contributed by atoms with Crippen LogP contribution >= 0.6 is 23.2 Å². The Morgan fingerprint density at radius 1 is 1.12 bits per heavy atom. The fourth-order valence-electron chi connectivity index (χ4n) is 1.91. The summed E-state index contributed by atoms with van der Waals surface area (Å²) in [5, 5.41) is 9.93. The first kappa shape index (κ1) is 18.6. The fourth-order valence-corrected chi connectivity index (χ4v) is 3.59. The molecule has 0 fully saturated rings. The number of likely N-dealkylation sites (N-methyl/N-ethyl adjacent to an activating group) is 1. The topological polar surface area (TPSA) is 70.4 Å². The summed E-state index contributed by atoms with van der Waals surface area (Å²) in [6.07, 6.45) is 0. The summed E-state index contributed by atoms with van der Waals surface area (Å²) >= 11 is 11.6. The number of nitrogens with zero attached hydrogens (tertiary/aromatic N) is 2.